The van der Waals surface area contributed by atoms with Crippen LogP contribution >= 0.6 is 11.3 Å². The molecule has 0 aromatic carbocycles. The number of anilines is 1. The Kier molecular flexibility index (Phi) is 3.17. The Balaban J connectivity index is 1.90. The maximum atomic E-state index is 11.3. The Morgan fingerprint density at radius 1 is 1.60 bits per heavy atom. The van der Waals surface area contributed by atoms with Crippen molar-refractivity contribution >= 4 is 22.5 Å². The highest BCUT2D eigenvalue weighted by molar-refractivity contribution is 7.15. The van der Waals surface area contributed by atoms with Crippen molar-refractivity contribution in [3.05, 3.63) is 10.6 Å². The number of hydrogen-bond donors (Lipinski definition) is 3. The van der Waals surface area contributed by atoms with E-state index in [-0.39, 0.29) is 6.03 Å². The van der Waals surface area contributed by atoms with E-state index in [1.807, 2.05) is 6.92 Å². The maximum absolute atomic E-state index is 11.3. The second kappa shape index (κ2) is 4.59. The molecule has 2 rings (SSSR count). The highest BCUT2D eigenvalue weighted by atomic mass is 32.1. The molecule has 1 aromatic rings. The molecule has 0 saturated carbocycles. The second-order valence-electron chi connectivity index (χ2n) is 3.37. The van der Waals surface area contributed by atoms with Crippen LogP contribution in [0, 0.1) is 0 Å². The molecule has 15 heavy (non-hydrogen) atoms. The molecule has 82 valence electrons. The number of hydrogen-bond acceptors (Lipinski definition) is 4. The van der Waals surface area contributed by atoms with E-state index in [1.165, 1.54) is 16.2 Å². The molecule has 0 unspecified atom stereocenters. The maximum Gasteiger partial charge on any atom is 0.321 e. The molecule has 0 saturated heterocycles. The summed E-state index contributed by atoms with van der Waals surface area (Å²) < 4.78 is 0. The van der Waals surface area contributed by atoms with Gasteiger partial charge in [0.1, 0.15) is 0 Å². The Hall–Kier alpha value is -1.14. The summed E-state index contributed by atoms with van der Waals surface area (Å²) in [5, 5.41) is 9.37. The highest BCUT2D eigenvalue weighted by Crippen LogP contribution is 2.26. The predicted octanol–water partition coefficient (Wildman–Crippen LogP) is 1.28. The largest absolute Gasteiger partial charge is 0.338 e. The molecule has 5 nitrogen and oxygen atoms in total. The zero-order chi connectivity index (χ0) is 10.7. The van der Waals surface area contributed by atoms with Gasteiger partial charge in [0.2, 0.25) is 0 Å². The van der Waals surface area contributed by atoms with Crippen molar-refractivity contribution in [3.63, 3.8) is 0 Å². The van der Waals surface area contributed by atoms with Crippen LogP contribution in [0.3, 0.4) is 0 Å². The van der Waals surface area contributed by atoms with Crippen LogP contribution in [0.2, 0.25) is 0 Å². The van der Waals surface area contributed by atoms with E-state index in [0.29, 0.717) is 11.7 Å². The molecule has 0 atom stereocenters. The Morgan fingerprint density at radius 3 is 3.20 bits per heavy atom. The zero-order valence-electron chi connectivity index (χ0n) is 8.59. The summed E-state index contributed by atoms with van der Waals surface area (Å²) in [6, 6.07) is -0.169. The molecule has 0 fully saturated rings. The van der Waals surface area contributed by atoms with Crippen molar-refractivity contribution in [2.75, 3.05) is 11.9 Å². The average Bonchev–Trinajstić information content (AvgIpc) is 2.74. The van der Waals surface area contributed by atoms with Crippen molar-refractivity contribution < 1.29 is 4.79 Å². The van der Waals surface area contributed by atoms with Gasteiger partial charge in [-0.3, -0.25) is 5.32 Å². The number of thiazole rings is 1. The fourth-order valence-electron chi connectivity index (χ4n) is 1.39. The van der Waals surface area contributed by atoms with Gasteiger partial charge in [-0.15, -0.1) is 0 Å². The molecule has 6 heteroatoms. The minimum absolute atomic E-state index is 0.169. The fraction of sp³-hybridized carbons (Fsp3) is 0.556. The van der Waals surface area contributed by atoms with E-state index in [2.05, 4.69) is 20.9 Å². The minimum Gasteiger partial charge on any atom is -0.338 e. The first-order valence-electron chi connectivity index (χ1n) is 5.03. The van der Waals surface area contributed by atoms with E-state index in [9.17, 15) is 4.79 Å². The Morgan fingerprint density at radius 2 is 2.47 bits per heavy atom. The lowest BCUT2D eigenvalue weighted by molar-refractivity contribution is 0.252. The second-order valence-corrected chi connectivity index (χ2v) is 4.46. The quantitative estimate of drug-likeness (QED) is 0.727. The molecule has 0 radical (unpaired) electrons. The van der Waals surface area contributed by atoms with Gasteiger partial charge in [-0.2, -0.15) is 0 Å². The number of amides is 2. The third kappa shape index (κ3) is 2.45. The van der Waals surface area contributed by atoms with Gasteiger partial charge in [0.05, 0.1) is 5.69 Å². The van der Waals surface area contributed by atoms with Gasteiger partial charge in [0.25, 0.3) is 0 Å². The number of nitrogens with zero attached hydrogens (tertiary/aromatic N) is 1. The summed E-state index contributed by atoms with van der Waals surface area (Å²) in [5.41, 5.74) is 1.06. The molecule has 2 amide bonds. The van der Waals surface area contributed by atoms with Crippen LogP contribution < -0.4 is 16.0 Å². The fourth-order valence-corrected chi connectivity index (χ4v) is 2.33. The third-order valence-electron chi connectivity index (χ3n) is 2.11. The van der Waals surface area contributed by atoms with Crippen LogP contribution in [0.15, 0.2) is 0 Å². The van der Waals surface area contributed by atoms with E-state index in [4.69, 9.17) is 0 Å². The SMILES string of the molecule is CCCNC(=O)Nc1nc2c(s1)CNC2. The van der Waals surface area contributed by atoms with Gasteiger partial charge >= 0.3 is 6.03 Å². The lowest BCUT2D eigenvalue weighted by Gasteiger charge is -2.02. The average molecular weight is 226 g/mol. The number of aromatic nitrogens is 1. The molecule has 2 heterocycles. The van der Waals surface area contributed by atoms with Crippen LogP contribution in [-0.4, -0.2) is 17.6 Å². The lowest BCUT2D eigenvalue weighted by atomic mass is 10.4. The standard InChI is InChI=1S/C9H14N4OS/c1-2-3-11-8(14)13-9-12-6-4-10-5-7(6)15-9/h10H,2-5H2,1H3,(H2,11,12,13,14). The molecule has 1 aromatic heterocycles. The monoisotopic (exact) mass is 226 g/mol. The van der Waals surface area contributed by atoms with Gasteiger partial charge in [0.15, 0.2) is 5.13 Å². The first-order valence-corrected chi connectivity index (χ1v) is 5.85. The van der Waals surface area contributed by atoms with E-state index < -0.39 is 0 Å². The van der Waals surface area contributed by atoms with Crippen molar-refractivity contribution in [1.82, 2.24) is 15.6 Å². The molecular formula is C9H14N4OS. The van der Waals surface area contributed by atoms with Gasteiger partial charge in [-0.1, -0.05) is 18.3 Å². The molecule has 0 spiro atoms. The minimum atomic E-state index is -0.169. The summed E-state index contributed by atoms with van der Waals surface area (Å²) in [4.78, 5) is 16.9. The summed E-state index contributed by atoms with van der Waals surface area (Å²) in [5.74, 6) is 0. The van der Waals surface area contributed by atoms with E-state index in [0.717, 1.165) is 25.2 Å². The highest BCUT2D eigenvalue weighted by Gasteiger charge is 2.16. The zero-order valence-corrected chi connectivity index (χ0v) is 9.41. The molecule has 3 N–H and O–H groups in total. The molecule has 0 aliphatic carbocycles. The third-order valence-corrected chi connectivity index (χ3v) is 3.13. The molecule has 1 aliphatic heterocycles. The summed E-state index contributed by atoms with van der Waals surface area (Å²) in [6.45, 7) is 4.39. The van der Waals surface area contributed by atoms with E-state index >= 15 is 0 Å². The van der Waals surface area contributed by atoms with Gasteiger partial charge in [-0.25, -0.2) is 9.78 Å². The summed E-state index contributed by atoms with van der Waals surface area (Å²) in [6.07, 6.45) is 0.936. The number of carbonyl (C=O) groups excluding carboxylic acids is 1. The predicted molar refractivity (Wildman–Crippen MR) is 60.0 cm³/mol. The number of carbonyl (C=O) groups is 1. The van der Waals surface area contributed by atoms with Crippen molar-refractivity contribution in [2.24, 2.45) is 0 Å². The van der Waals surface area contributed by atoms with Crippen molar-refractivity contribution in [3.8, 4) is 0 Å². The smallest absolute Gasteiger partial charge is 0.321 e. The first kappa shape index (κ1) is 10.4. The number of nitrogens with one attached hydrogen (secondary N) is 3. The molecular weight excluding hydrogens is 212 g/mol. The first-order chi connectivity index (χ1) is 7.29. The summed E-state index contributed by atoms with van der Waals surface area (Å²) in [7, 11) is 0. The van der Waals surface area contributed by atoms with Crippen LogP contribution in [0.5, 0.6) is 0 Å². The molecule has 0 bridgehead atoms. The van der Waals surface area contributed by atoms with Crippen LogP contribution in [0.1, 0.15) is 23.9 Å². The lowest BCUT2D eigenvalue weighted by Crippen LogP contribution is -2.29. The van der Waals surface area contributed by atoms with Gasteiger partial charge in [0, 0.05) is 24.5 Å². The van der Waals surface area contributed by atoms with Gasteiger partial charge < -0.3 is 10.6 Å². The van der Waals surface area contributed by atoms with Crippen LogP contribution in [0.25, 0.3) is 0 Å². The topological polar surface area (TPSA) is 66.0 Å². The number of urea groups is 1. The Labute approximate surface area is 92.3 Å². The Bertz CT molecular complexity index is 341. The van der Waals surface area contributed by atoms with Crippen molar-refractivity contribution in [2.45, 2.75) is 26.4 Å². The van der Waals surface area contributed by atoms with Gasteiger partial charge in [-0.05, 0) is 6.42 Å². The number of fused-ring (bicyclic) bond motifs is 1. The number of rotatable bonds is 3. The van der Waals surface area contributed by atoms with Crippen molar-refractivity contribution in [1.29, 1.82) is 0 Å². The molecule has 1 aliphatic rings. The normalized spacial score (nSPS) is 13.7. The summed E-state index contributed by atoms with van der Waals surface area (Å²) >= 11 is 1.54. The van der Waals surface area contributed by atoms with E-state index in [1.54, 1.807) is 0 Å². The van der Waals surface area contributed by atoms with Crippen LogP contribution in [0.4, 0.5) is 9.93 Å². The van der Waals surface area contributed by atoms with Crippen LogP contribution in [-0.2, 0) is 13.1 Å².